The van der Waals surface area contributed by atoms with Gasteiger partial charge >= 0.3 is 0 Å². The van der Waals surface area contributed by atoms with Crippen LogP contribution in [0.5, 0.6) is 0 Å². The molecule has 2 nitrogen and oxygen atoms in total. The van der Waals surface area contributed by atoms with Gasteiger partial charge in [-0.25, -0.2) is 4.39 Å². The molecule has 2 unspecified atom stereocenters. The molecule has 2 rings (SSSR count). The van der Waals surface area contributed by atoms with Gasteiger partial charge in [-0.15, -0.1) is 0 Å². The van der Waals surface area contributed by atoms with Crippen molar-refractivity contribution in [2.75, 3.05) is 17.6 Å². The third-order valence-electron chi connectivity index (χ3n) is 3.59. The van der Waals surface area contributed by atoms with Crippen LogP contribution in [0.1, 0.15) is 19.8 Å². The number of anilines is 1. The van der Waals surface area contributed by atoms with Crippen LogP contribution in [0.3, 0.4) is 0 Å². The lowest BCUT2D eigenvalue weighted by atomic mass is 9.89. The first kappa shape index (κ1) is 14.0. The van der Waals surface area contributed by atoms with Crippen LogP contribution in [0.4, 0.5) is 10.1 Å². The van der Waals surface area contributed by atoms with Crippen LogP contribution in [0, 0.1) is 5.82 Å². The maximum absolute atomic E-state index is 13.3. The molecule has 0 radical (unpaired) electrons. The van der Waals surface area contributed by atoms with Crippen molar-refractivity contribution in [2.24, 2.45) is 5.73 Å². The van der Waals surface area contributed by atoms with Crippen molar-refractivity contribution < 1.29 is 4.39 Å². The highest BCUT2D eigenvalue weighted by Crippen LogP contribution is 2.37. The topological polar surface area (TPSA) is 38.0 Å². The van der Waals surface area contributed by atoms with E-state index in [9.17, 15) is 4.39 Å². The molecular formula is C13H18ClFN2S. The molecule has 100 valence electrons. The predicted octanol–water partition coefficient (Wildman–Crippen LogP) is 3.50. The Morgan fingerprint density at radius 2 is 2.39 bits per heavy atom. The molecule has 0 saturated carbocycles. The second-order valence-electron chi connectivity index (χ2n) is 4.73. The predicted molar refractivity (Wildman–Crippen MR) is 78.0 cm³/mol. The van der Waals surface area contributed by atoms with Crippen LogP contribution in [-0.2, 0) is 0 Å². The molecule has 1 aliphatic rings. The molecule has 1 aliphatic heterocycles. The van der Waals surface area contributed by atoms with Crippen LogP contribution in [0.25, 0.3) is 0 Å². The first-order chi connectivity index (χ1) is 8.57. The van der Waals surface area contributed by atoms with Gasteiger partial charge in [-0.2, -0.15) is 11.8 Å². The smallest absolute Gasteiger partial charge is 0.125 e. The summed E-state index contributed by atoms with van der Waals surface area (Å²) in [5.74, 6) is 0.867. The van der Waals surface area contributed by atoms with E-state index in [0.29, 0.717) is 22.5 Å². The van der Waals surface area contributed by atoms with Crippen LogP contribution >= 0.6 is 23.4 Å². The molecule has 1 heterocycles. The number of rotatable bonds is 3. The van der Waals surface area contributed by atoms with Crippen molar-refractivity contribution in [3.63, 3.8) is 0 Å². The second-order valence-corrected chi connectivity index (χ2v) is 6.58. The minimum Gasteiger partial charge on any atom is -0.376 e. The van der Waals surface area contributed by atoms with Gasteiger partial charge in [-0.1, -0.05) is 18.5 Å². The zero-order chi connectivity index (χ0) is 13.2. The number of thioether (sulfide) groups is 1. The summed E-state index contributed by atoms with van der Waals surface area (Å²) in [7, 11) is 0. The number of nitrogens with one attached hydrogen (secondary N) is 1. The fourth-order valence-corrected chi connectivity index (χ4v) is 3.78. The van der Waals surface area contributed by atoms with Gasteiger partial charge in [0.1, 0.15) is 5.82 Å². The van der Waals surface area contributed by atoms with Crippen molar-refractivity contribution >= 4 is 29.1 Å². The second kappa shape index (κ2) is 5.68. The molecule has 1 saturated heterocycles. The van der Waals surface area contributed by atoms with Gasteiger partial charge in [0.25, 0.3) is 0 Å². The van der Waals surface area contributed by atoms with E-state index >= 15 is 0 Å². The monoisotopic (exact) mass is 288 g/mol. The fourth-order valence-electron chi connectivity index (χ4n) is 2.36. The molecule has 0 spiro atoms. The average molecular weight is 289 g/mol. The fraction of sp³-hybridized carbons (Fsp3) is 0.538. The molecule has 3 N–H and O–H groups in total. The Bertz CT molecular complexity index is 429. The Labute approximate surface area is 116 Å². The van der Waals surface area contributed by atoms with Gasteiger partial charge < -0.3 is 11.1 Å². The molecule has 1 aromatic rings. The zero-order valence-electron chi connectivity index (χ0n) is 10.4. The van der Waals surface area contributed by atoms with E-state index in [1.165, 1.54) is 12.1 Å². The van der Waals surface area contributed by atoms with Crippen LogP contribution in [0.2, 0.25) is 5.02 Å². The van der Waals surface area contributed by atoms with Crippen molar-refractivity contribution in [3.05, 3.63) is 29.0 Å². The van der Waals surface area contributed by atoms with Crippen molar-refractivity contribution in [1.29, 1.82) is 0 Å². The summed E-state index contributed by atoms with van der Waals surface area (Å²) in [6.07, 6.45) is 2.11. The molecule has 0 aromatic heterocycles. The Balaban J connectivity index is 2.26. The Morgan fingerprint density at radius 1 is 1.61 bits per heavy atom. The van der Waals surface area contributed by atoms with E-state index in [2.05, 4.69) is 12.2 Å². The molecular weight excluding hydrogens is 271 g/mol. The van der Waals surface area contributed by atoms with Crippen molar-refractivity contribution in [1.82, 2.24) is 0 Å². The largest absolute Gasteiger partial charge is 0.376 e. The van der Waals surface area contributed by atoms with Crippen LogP contribution in [-0.4, -0.2) is 23.1 Å². The molecule has 0 aliphatic carbocycles. The van der Waals surface area contributed by atoms with E-state index in [-0.39, 0.29) is 11.4 Å². The van der Waals surface area contributed by atoms with E-state index in [0.717, 1.165) is 18.6 Å². The van der Waals surface area contributed by atoms with Crippen molar-refractivity contribution in [2.45, 2.75) is 30.6 Å². The summed E-state index contributed by atoms with van der Waals surface area (Å²) in [5, 5.41) is 4.30. The lowest BCUT2D eigenvalue weighted by Gasteiger charge is -2.43. The third kappa shape index (κ3) is 2.76. The van der Waals surface area contributed by atoms with Gasteiger partial charge in [-0.05, 0) is 36.8 Å². The highest BCUT2D eigenvalue weighted by atomic mass is 35.5. The molecule has 5 heteroatoms. The Hall–Kier alpha value is -0.450. The van der Waals surface area contributed by atoms with Gasteiger partial charge in [-0.3, -0.25) is 0 Å². The number of benzene rings is 1. The zero-order valence-corrected chi connectivity index (χ0v) is 12.0. The van der Waals surface area contributed by atoms with Crippen molar-refractivity contribution in [3.8, 4) is 0 Å². The average Bonchev–Trinajstić information content (AvgIpc) is 2.37. The summed E-state index contributed by atoms with van der Waals surface area (Å²) in [4.78, 5) is 0. The van der Waals surface area contributed by atoms with E-state index in [1.54, 1.807) is 6.07 Å². The number of hydrogen-bond donors (Lipinski definition) is 2. The highest BCUT2D eigenvalue weighted by molar-refractivity contribution is 8.00. The summed E-state index contributed by atoms with van der Waals surface area (Å²) in [6.45, 7) is 2.69. The molecule has 0 bridgehead atoms. The Morgan fingerprint density at radius 3 is 3.06 bits per heavy atom. The minimum absolute atomic E-state index is 0.194. The minimum atomic E-state index is -0.287. The maximum atomic E-state index is 13.3. The first-order valence-corrected chi connectivity index (χ1v) is 7.55. The lowest BCUT2D eigenvalue weighted by molar-refractivity contribution is 0.422. The standard InChI is InChI=1S/C13H18ClFN2S/c1-9-13(8-16,5-2-6-18-9)17-12-7-10(15)3-4-11(12)14/h3-4,7,9,17H,2,5-6,8,16H2,1H3. The Kier molecular flexibility index (Phi) is 4.41. The van der Waals surface area contributed by atoms with Gasteiger partial charge in [0.05, 0.1) is 16.2 Å². The number of hydrogen-bond acceptors (Lipinski definition) is 3. The molecule has 18 heavy (non-hydrogen) atoms. The van der Waals surface area contributed by atoms with E-state index in [1.807, 2.05) is 11.8 Å². The van der Waals surface area contributed by atoms with Gasteiger partial charge in [0.15, 0.2) is 0 Å². The molecule has 1 fully saturated rings. The summed E-state index contributed by atoms with van der Waals surface area (Å²) in [6, 6.07) is 4.37. The highest BCUT2D eigenvalue weighted by Gasteiger charge is 2.37. The quantitative estimate of drug-likeness (QED) is 0.894. The summed E-state index contributed by atoms with van der Waals surface area (Å²) >= 11 is 8.00. The molecule has 0 amide bonds. The molecule has 1 aromatic carbocycles. The summed E-state index contributed by atoms with van der Waals surface area (Å²) in [5.41, 5.74) is 6.39. The number of nitrogens with two attached hydrogens (primary N) is 1. The maximum Gasteiger partial charge on any atom is 0.125 e. The van der Waals surface area contributed by atoms with Gasteiger partial charge in [0.2, 0.25) is 0 Å². The first-order valence-electron chi connectivity index (χ1n) is 6.12. The van der Waals surface area contributed by atoms with E-state index in [4.69, 9.17) is 17.3 Å². The third-order valence-corrected chi connectivity index (χ3v) is 5.39. The SMILES string of the molecule is CC1SCCCC1(CN)Nc1cc(F)ccc1Cl. The molecule has 2 atom stereocenters. The summed E-state index contributed by atoms with van der Waals surface area (Å²) < 4.78 is 13.3. The van der Waals surface area contributed by atoms with Gasteiger partial charge in [0, 0.05) is 11.8 Å². The normalized spacial score (nSPS) is 28.1. The lowest BCUT2D eigenvalue weighted by Crippen LogP contribution is -2.54. The van der Waals surface area contributed by atoms with E-state index < -0.39 is 0 Å². The van der Waals surface area contributed by atoms with Crippen LogP contribution < -0.4 is 11.1 Å². The number of halogens is 2. The van der Waals surface area contributed by atoms with Crippen LogP contribution in [0.15, 0.2) is 18.2 Å².